The van der Waals surface area contributed by atoms with Gasteiger partial charge in [0.1, 0.15) is 11.9 Å². The summed E-state index contributed by atoms with van der Waals surface area (Å²) in [6.45, 7) is -2.88. The number of halogens is 2. The molecule has 1 atom stereocenters. The summed E-state index contributed by atoms with van der Waals surface area (Å²) in [4.78, 5) is 15.7. The van der Waals surface area contributed by atoms with Gasteiger partial charge in [-0.15, -0.1) is 11.3 Å². The molecule has 1 aliphatic rings. The largest absolute Gasteiger partial charge is 0.435 e. The molecule has 132 valence electrons. The van der Waals surface area contributed by atoms with Gasteiger partial charge >= 0.3 is 6.61 Å². The average molecular weight is 372 g/mol. The van der Waals surface area contributed by atoms with Gasteiger partial charge in [-0.25, -0.2) is 0 Å². The predicted octanol–water partition coefficient (Wildman–Crippen LogP) is 5.12. The SMILES string of the molecule is O=C1c2ccccc2N[C@H](c2cccs2)N1c1ccc(OC(F)F)cc1. The van der Waals surface area contributed by atoms with Crippen molar-refractivity contribution in [3.05, 3.63) is 76.5 Å². The summed E-state index contributed by atoms with van der Waals surface area (Å²) >= 11 is 1.54. The van der Waals surface area contributed by atoms with Crippen LogP contribution in [-0.4, -0.2) is 12.5 Å². The molecular weight excluding hydrogens is 358 g/mol. The quantitative estimate of drug-likeness (QED) is 0.691. The van der Waals surface area contributed by atoms with E-state index in [1.165, 1.54) is 23.5 Å². The zero-order valence-electron chi connectivity index (χ0n) is 13.4. The number of carbonyl (C=O) groups is 1. The molecule has 3 aromatic rings. The van der Waals surface area contributed by atoms with E-state index in [9.17, 15) is 13.6 Å². The summed E-state index contributed by atoms with van der Waals surface area (Å²) < 4.78 is 29.1. The Hall–Kier alpha value is -2.93. The van der Waals surface area contributed by atoms with Crippen molar-refractivity contribution in [3.8, 4) is 5.75 Å². The van der Waals surface area contributed by atoms with Gasteiger partial charge in [0.2, 0.25) is 0 Å². The molecule has 1 amide bonds. The highest BCUT2D eigenvalue weighted by molar-refractivity contribution is 7.10. The summed E-state index contributed by atoms with van der Waals surface area (Å²) in [5.74, 6) is -0.102. The van der Waals surface area contributed by atoms with E-state index in [-0.39, 0.29) is 17.8 Å². The smallest absolute Gasteiger partial charge is 0.387 e. The third-order valence-electron chi connectivity index (χ3n) is 4.08. The van der Waals surface area contributed by atoms with Crippen molar-refractivity contribution in [2.75, 3.05) is 10.2 Å². The van der Waals surface area contributed by atoms with E-state index in [4.69, 9.17) is 0 Å². The first-order valence-corrected chi connectivity index (χ1v) is 8.79. The monoisotopic (exact) mass is 372 g/mol. The molecule has 0 fully saturated rings. The molecule has 1 aromatic heterocycles. The van der Waals surface area contributed by atoms with Gasteiger partial charge in [-0.3, -0.25) is 9.69 Å². The summed E-state index contributed by atoms with van der Waals surface area (Å²) in [6, 6.07) is 17.2. The van der Waals surface area contributed by atoms with Crippen LogP contribution in [0.5, 0.6) is 5.75 Å². The number of alkyl halides is 2. The van der Waals surface area contributed by atoms with Crippen molar-refractivity contribution in [3.63, 3.8) is 0 Å². The molecule has 0 unspecified atom stereocenters. The number of hydrogen-bond donors (Lipinski definition) is 1. The van der Waals surface area contributed by atoms with Crippen LogP contribution in [0, 0.1) is 0 Å². The highest BCUT2D eigenvalue weighted by Crippen LogP contribution is 2.38. The van der Waals surface area contributed by atoms with Crippen molar-refractivity contribution < 1.29 is 18.3 Å². The summed E-state index contributed by atoms with van der Waals surface area (Å²) in [7, 11) is 0. The molecule has 7 heteroatoms. The lowest BCUT2D eigenvalue weighted by molar-refractivity contribution is -0.0498. The summed E-state index contributed by atoms with van der Waals surface area (Å²) in [5.41, 5.74) is 1.93. The third-order valence-corrected chi connectivity index (χ3v) is 5.00. The molecule has 1 aliphatic heterocycles. The molecule has 0 saturated carbocycles. The Kier molecular flexibility index (Phi) is 4.30. The minimum atomic E-state index is -2.88. The second kappa shape index (κ2) is 6.76. The van der Waals surface area contributed by atoms with E-state index < -0.39 is 6.61 Å². The normalized spacial score (nSPS) is 16.3. The number of amides is 1. The van der Waals surface area contributed by atoms with Gasteiger partial charge in [0.25, 0.3) is 5.91 Å². The van der Waals surface area contributed by atoms with E-state index in [1.807, 2.05) is 35.7 Å². The molecule has 26 heavy (non-hydrogen) atoms. The number of fused-ring (bicyclic) bond motifs is 1. The molecule has 4 rings (SSSR count). The van der Waals surface area contributed by atoms with Crippen LogP contribution in [0.15, 0.2) is 66.0 Å². The fourth-order valence-electron chi connectivity index (χ4n) is 2.95. The molecule has 4 nitrogen and oxygen atoms in total. The molecule has 0 bridgehead atoms. The van der Waals surface area contributed by atoms with Crippen molar-refractivity contribution in [2.45, 2.75) is 12.8 Å². The van der Waals surface area contributed by atoms with E-state index in [0.29, 0.717) is 11.3 Å². The number of hydrogen-bond acceptors (Lipinski definition) is 4. The number of para-hydroxylation sites is 1. The standard InChI is InChI=1S/C19H14F2N2O2S/c20-19(21)25-13-9-7-12(8-10-13)23-17(16-6-3-11-26-16)22-15-5-2-1-4-14(15)18(23)24/h1-11,17,19,22H/t17-/m0/s1. The minimum absolute atomic E-state index is 0.0502. The lowest BCUT2D eigenvalue weighted by Gasteiger charge is -2.37. The Morgan fingerprint density at radius 2 is 1.81 bits per heavy atom. The summed E-state index contributed by atoms with van der Waals surface area (Å²) in [5, 5.41) is 5.33. The molecule has 1 N–H and O–H groups in total. The molecule has 0 saturated heterocycles. The first kappa shape index (κ1) is 16.5. The predicted molar refractivity (Wildman–Crippen MR) is 97.0 cm³/mol. The van der Waals surface area contributed by atoms with Gasteiger partial charge in [0.05, 0.1) is 5.56 Å². The van der Waals surface area contributed by atoms with Crippen LogP contribution < -0.4 is 15.0 Å². The zero-order valence-corrected chi connectivity index (χ0v) is 14.2. The number of anilines is 2. The van der Waals surface area contributed by atoms with Gasteiger partial charge in [-0.1, -0.05) is 18.2 Å². The maximum Gasteiger partial charge on any atom is 0.387 e. The first-order chi connectivity index (χ1) is 12.6. The van der Waals surface area contributed by atoms with E-state index in [0.717, 1.165) is 10.6 Å². The van der Waals surface area contributed by atoms with Crippen LogP contribution in [-0.2, 0) is 0 Å². The maximum absolute atomic E-state index is 13.1. The van der Waals surface area contributed by atoms with Crippen LogP contribution in [0.25, 0.3) is 0 Å². The number of nitrogens with one attached hydrogen (secondary N) is 1. The topological polar surface area (TPSA) is 41.6 Å². The molecule has 0 spiro atoms. The van der Waals surface area contributed by atoms with Gasteiger partial charge < -0.3 is 10.1 Å². The maximum atomic E-state index is 13.1. The van der Waals surface area contributed by atoms with Gasteiger partial charge in [-0.2, -0.15) is 8.78 Å². The zero-order chi connectivity index (χ0) is 18.1. The molecule has 0 radical (unpaired) electrons. The average Bonchev–Trinajstić information content (AvgIpc) is 3.17. The molecule has 2 heterocycles. The molecule has 0 aliphatic carbocycles. The number of nitrogens with zero attached hydrogens (tertiary/aromatic N) is 1. The number of thiophene rings is 1. The minimum Gasteiger partial charge on any atom is -0.435 e. The Bertz CT molecular complexity index is 914. The van der Waals surface area contributed by atoms with Crippen molar-refractivity contribution in [2.24, 2.45) is 0 Å². The van der Waals surface area contributed by atoms with Crippen LogP contribution >= 0.6 is 11.3 Å². The first-order valence-electron chi connectivity index (χ1n) is 7.91. The molecule has 2 aromatic carbocycles. The van der Waals surface area contributed by atoms with Gasteiger partial charge in [0.15, 0.2) is 0 Å². The van der Waals surface area contributed by atoms with Crippen LogP contribution in [0.1, 0.15) is 21.4 Å². The van der Waals surface area contributed by atoms with Crippen LogP contribution in [0.3, 0.4) is 0 Å². The van der Waals surface area contributed by atoms with E-state index in [1.54, 1.807) is 23.1 Å². The highest BCUT2D eigenvalue weighted by Gasteiger charge is 2.34. The van der Waals surface area contributed by atoms with E-state index >= 15 is 0 Å². The molecular formula is C19H14F2N2O2S. The fourth-order valence-corrected chi connectivity index (χ4v) is 3.72. The van der Waals surface area contributed by atoms with Crippen molar-refractivity contribution in [1.82, 2.24) is 0 Å². The van der Waals surface area contributed by atoms with Gasteiger partial charge in [-0.05, 0) is 47.8 Å². The number of ether oxygens (including phenoxy) is 1. The highest BCUT2D eigenvalue weighted by atomic mass is 32.1. The van der Waals surface area contributed by atoms with Gasteiger partial charge in [0, 0.05) is 16.3 Å². The van der Waals surface area contributed by atoms with Crippen molar-refractivity contribution in [1.29, 1.82) is 0 Å². The van der Waals surface area contributed by atoms with Crippen LogP contribution in [0.2, 0.25) is 0 Å². The lowest BCUT2D eigenvalue weighted by atomic mass is 10.1. The Morgan fingerprint density at radius 3 is 2.50 bits per heavy atom. The second-order valence-corrected chi connectivity index (χ2v) is 6.63. The van der Waals surface area contributed by atoms with E-state index in [2.05, 4.69) is 10.1 Å². The fraction of sp³-hybridized carbons (Fsp3) is 0.105. The Labute approximate surface area is 152 Å². The Morgan fingerprint density at radius 1 is 1.04 bits per heavy atom. The lowest BCUT2D eigenvalue weighted by Crippen LogP contribution is -2.42. The number of benzene rings is 2. The second-order valence-electron chi connectivity index (χ2n) is 5.66. The summed E-state index contributed by atoms with van der Waals surface area (Å²) in [6.07, 6.45) is -0.376. The van der Waals surface area contributed by atoms with Crippen molar-refractivity contribution >= 4 is 28.6 Å². The van der Waals surface area contributed by atoms with Crippen LogP contribution in [0.4, 0.5) is 20.2 Å². The third kappa shape index (κ3) is 3.01. The Balaban J connectivity index is 1.75. The number of carbonyl (C=O) groups excluding carboxylic acids is 1. The number of rotatable bonds is 4.